The van der Waals surface area contributed by atoms with Crippen LogP contribution in [0.15, 0.2) is 12.7 Å². The number of nitrogens with zero attached hydrogens (tertiary/aromatic N) is 5. The van der Waals surface area contributed by atoms with Crippen LogP contribution in [0.1, 0.15) is 38.8 Å². The lowest BCUT2D eigenvalue weighted by Crippen LogP contribution is -2.33. The van der Waals surface area contributed by atoms with Crippen molar-refractivity contribution in [3.63, 3.8) is 0 Å². The predicted molar refractivity (Wildman–Crippen MR) is 95.7 cm³/mol. The Labute approximate surface area is 152 Å². The lowest BCUT2D eigenvalue weighted by Gasteiger charge is -2.19. The Balaban J connectivity index is 1.83. The van der Waals surface area contributed by atoms with Gasteiger partial charge in [0.2, 0.25) is 0 Å². The molecule has 3 rings (SSSR count). The number of ether oxygens (including phenoxy) is 1. The highest BCUT2D eigenvalue weighted by atomic mass is 16.6. The Morgan fingerprint density at radius 2 is 1.96 bits per heavy atom. The molecule has 1 aliphatic heterocycles. The third-order valence-corrected chi connectivity index (χ3v) is 4.84. The molecule has 26 heavy (non-hydrogen) atoms. The summed E-state index contributed by atoms with van der Waals surface area (Å²) in [5.41, 5.74) is 1.13. The third-order valence-electron chi connectivity index (χ3n) is 4.84. The van der Waals surface area contributed by atoms with Crippen molar-refractivity contribution in [3.8, 4) is 0 Å². The summed E-state index contributed by atoms with van der Waals surface area (Å²) < 4.78 is 7.16. The minimum Gasteiger partial charge on any atom is -0.394 e. The minimum absolute atomic E-state index is 0.373. The number of hydrogen-bond donors (Lipinski definition) is 3. The molecule has 3 heterocycles. The number of rotatable bonds is 8. The highest BCUT2D eigenvalue weighted by Crippen LogP contribution is 2.32. The van der Waals surface area contributed by atoms with Crippen LogP contribution in [0.2, 0.25) is 0 Å². The fourth-order valence-electron chi connectivity index (χ4n) is 3.30. The molecular weight excluding hydrogens is 338 g/mol. The van der Waals surface area contributed by atoms with Gasteiger partial charge in [-0.3, -0.25) is 4.57 Å². The molecule has 9 heteroatoms. The van der Waals surface area contributed by atoms with Gasteiger partial charge in [-0.05, 0) is 6.42 Å². The van der Waals surface area contributed by atoms with Crippen LogP contribution >= 0.6 is 0 Å². The summed E-state index contributed by atoms with van der Waals surface area (Å²) in [5, 5.41) is 29.5. The summed E-state index contributed by atoms with van der Waals surface area (Å²) in [6, 6.07) is 0. The average Bonchev–Trinajstić information content (AvgIpc) is 3.20. The number of imidazole rings is 1. The molecule has 0 amide bonds. The molecule has 0 aliphatic carbocycles. The molecule has 0 spiro atoms. The van der Waals surface area contributed by atoms with E-state index >= 15 is 0 Å². The van der Waals surface area contributed by atoms with E-state index < -0.39 is 24.5 Å². The zero-order valence-corrected chi connectivity index (χ0v) is 15.2. The predicted octanol–water partition coefficient (Wildman–Crippen LogP) is 0.454. The summed E-state index contributed by atoms with van der Waals surface area (Å²) in [5.74, 6) is 0.719. The standard InChI is InChI=1S/C17H27N5O4/c1-3-4-5-6-7-21(2)15-12-16(19-9-18-15)22(10-20-12)17-14(25)13(24)11(8-23)26-17/h9-11,13-14,17,23-25H,3-8H2,1-2H3/t11-,13-,14-,17-/m1/s1. The molecule has 1 aliphatic rings. The van der Waals surface area contributed by atoms with E-state index in [1.165, 1.54) is 31.9 Å². The second kappa shape index (κ2) is 8.26. The summed E-state index contributed by atoms with van der Waals surface area (Å²) in [6.07, 6.45) is 3.61. The van der Waals surface area contributed by atoms with Crippen LogP contribution in [-0.2, 0) is 4.74 Å². The normalized spacial score (nSPS) is 25.9. The van der Waals surface area contributed by atoms with Gasteiger partial charge < -0.3 is 25.0 Å². The molecule has 9 nitrogen and oxygen atoms in total. The van der Waals surface area contributed by atoms with Gasteiger partial charge in [0.05, 0.1) is 12.9 Å². The maximum Gasteiger partial charge on any atom is 0.167 e. The SMILES string of the molecule is CCCCCCN(C)c1ncnc2c1ncn2[C@@H]1O[C@H](CO)[C@@H](O)[C@H]1O. The Hall–Kier alpha value is -1.81. The van der Waals surface area contributed by atoms with Crippen LogP contribution in [0.3, 0.4) is 0 Å². The Bertz CT molecular complexity index is 724. The first kappa shape index (κ1) is 19.0. The van der Waals surface area contributed by atoms with E-state index in [9.17, 15) is 15.3 Å². The van der Waals surface area contributed by atoms with Crippen LogP contribution in [0.5, 0.6) is 0 Å². The smallest absolute Gasteiger partial charge is 0.167 e. The molecular formula is C17H27N5O4. The molecule has 0 aromatic carbocycles. The molecule has 0 unspecified atom stereocenters. The number of aliphatic hydroxyl groups is 3. The third kappa shape index (κ3) is 3.52. The fraction of sp³-hybridized carbons (Fsp3) is 0.706. The van der Waals surface area contributed by atoms with Crippen molar-refractivity contribution in [1.82, 2.24) is 19.5 Å². The Kier molecular flexibility index (Phi) is 6.02. The van der Waals surface area contributed by atoms with Crippen molar-refractivity contribution in [2.75, 3.05) is 25.1 Å². The number of aliphatic hydroxyl groups excluding tert-OH is 3. The Morgan fingerprint density at radius 1 is 1.15 bits per heavy atom. The monoisotopic (exact) mass is 365 g/mol. The van der Waals surface area contributed by atoms with Gasteiger partial charge in [0, 0.05) is 13.6 Å². The summed E-state index contributed by atoms with van der Waals surface area (Å²) >= 11 is 0. The van der Waals surface area contributed by atoms with Gasteiger partial charge in [-0.25, -0.2) is 15.0 Å². The minimum atomic E-state index is -1.17. The lowest BCUT2D eigenvalue weighted by molar-refractivity contribution is -0.0511. The van der Waals surface area contributed by atoms with Gasteiger partial charge >= 0.3 is 0 Å². The zero-order valence-electron chi connectivity index (χ0n) is 15.2. The maximum absolute atomic E-state index is 10.2. The van der Waals surface area contributed by atoms with E-state index in [-0.39, 0.29) is 6.61 Å². The molecule has 1 fully saturated rings. The lowest BCUT2D eigenvalue weighted by atomic mass is 10.1. The van der Waals surface area contributed by atoms with Gasteiger partial charge in [-0.15, -0.1) is 0 Å². The zero-order chi connectivity index (χ0) is 18.7. The number of unbranched alkanes of at least 4 members (excludes halogenated alkanes) is 3. The largest absolute Gasteiger partial charge is 0.394 e. The van der Waals surface area contributed by atoms with Gasteiger partial charge in [0.25, 0.3) is 0 Å². The maximum atomic E-state index is 10.2. The van der Waals surface area contributed by atoms with E-state index in [0.29, 0.717) is 11.2 Å². The summed E-state index contributed by atoms with van der Waals surface area (Å²) in [4.78, 5) is 15.1. The van der Waals surface area contributed by atoms with Crippen molar-refractivity contribution < 1.29 is 20.1 Å². The van der Waals surface area contributed by atoms with E-state index in [4.69, 9.17) is 4.74 Å². The van der Waals surface area contributed by atoms with E-state index in [2.05, 4.69) is 21.9 Å². The molecule has 1 saturated heterocycles. The van der Waals surface area contributed by atoms with Gasteiger partial charge in [0.1, 0.15) is 24.6 Å². The van der Waals surface area contributed by atoms with E-state index in [1.807, 2.05) is 11.9 Å². The van der Waals surface area contributed by atoms with Gasteiger partial charge in [-0.1, -0.05) is 26.2 Å². The summed E-state index contributed by atoms with van der Waals surface area (Å²) in [7, 11) is 1.97. The first-order valence-electron chi connectivity index (χ1n) is 9.09. The first-order chi connectivity index (χ1) is 12.6. The average molecular weight is 365 g/mol. The van der Waals surface area contributed by atoms with Crippen LogP contribution in [0, 0.1) is 0 Å². The van der Waals surface area contributed by atoms with Crippen LogP contribution in [0.4, 0.5) is 5.82 Å². The second-order valence-corrected chi connectivity index (χ2v) is 6.73. The molecule has 0 radical (unpaired) electrons. The molecule has 3 N–H and O–H groups in total. The van der Waals surface area contributed by atoms with Gasteiger partial charge in [-0.2, -0.15) is 0 Å². The van der Waals surface area contributed by atoms with Crippen molar-refractivity contribution in [3.05, 3.63) is 12.7 Å². The molecule has 2 aromatic rings. The fourth-order valence-corrected chi connectivity index (χ4v) is 3.30. The Morgan fingerprint density at radius 3 is 2.65 bits per heavy atom. The highest BCUT2D eigenvalue weighted by Gasteiger charge is 2.44. The molecule has 144 valence electrons. The van der Waals surface area contributed by atoms with Crippen molar-refractivity contribution in [1.29, 1.82) is 0 Å². The van der Waals surface area contributed by atoms with E-state index in [1.54, 1.807) is 4.57 Å². The molecule has 4 atom stereocenters. The van der Waals surface area contributed by atoms with Crippen LogP contribution < -0.4 is 4.90 Å². The second-order valence-electron chi connectivity index (χ2n) is 6.73. The molecule has 0 saturated carbocycles. The number of anilines is 1. The van der Waals surface area contributed by atoms with Crippen LogP contribution in [-0.4, -0.2) is 73.3 Å². The van der Waals surface area contributed by atoms with E-state index in [0.717, 1.165) is 18.8 Å². The quantitative estimate of drug-likeness (QED) is 0.578. The molecule has 2 aromatic heterocycles. The number of hydrogen-bond acceptors (Lipinski definition) is 8. The summed E-state index contributed by atoms with van der Waals surface area (Å²) in [6.45, 7) is 2.68. The number of fused-ring (bicyclic) bond motifs is 1. The van der Waals surface area contributed by atoms with Crippen molar-refractivity contribution in [2.24, 2.45) is 0 Å². The number of aromatic nitrogens is 4. The molecule has 0 bridgehead atoms. The van der Waals surface area contributed by atoms with Gasteiger partial charge in [0.15, 0.2) is 23.2 Å². The van der Waals surface area contributed by atoms with Crippen molar-refractivity contribution >= 4 is 17.0 Å². The first-order valence-corrected chi connectivity index (χ1v) is 9.09. The highest BCUT2D eigenvalue weighted by molar-refractivity contribution is 5.83. The van der Waals surface area contributed by atoms with Crippen LogP contribution in [0.25, 0.3) is 11.2 Å². The van der Waals surface area contributed by atoms with Crippen molar-refractivity contribution in [2.45, 2.75) is 57.1 Å². The topological polar surface area (TPSA) is 117 Å².